The largest absolute Gasteiger partial charge is 0.352 e. The second kappa shape index (κ2) is 1.52. The molecule has 36 valence electrons. The molecule has 0 amide bonds. The van der Waals surface area contributed by atoms with Crippen LogP contribution in [0.25, 0.3) is 0 Å². The molecule has 0 atom stereocenters. The summed E-state index contributed by atoms with van der Waals surface area (Å²) in [6.07, 6.45) is 0. The van der Waals surface area contributed by atoms with Crippen molar-refractivity contribution in [2.24, 2.45) is 5.14 Å². The highest BCUT2D eigenvalue weighted by Gasteiger charge is 1.94. The van der Waals surface area contributed by atoms with Gasteiger partial charge in [0.15, 0.2) is 0 Å². The van der Waals surface area contributed by atoms with Crippen LogP contribution < -0.4 is 11.0 Å². The first kappa shape index (κ1) is 5.83. The molecule has 0 bridgehead atoms. The van der Waals surface area contributed by atoms with E-state index < -0.39 is 10.3 Å². The summed E-state index contributed by atoms with van der Waals surface area (Å²) in [5, 5.41) is 4.03. The lowest BCUT2D eigenvalue weighted by molar-refractivity contribution is 0.311. The van der Waals surface area contributed by atoms with Crippen LogP contribution in [0.2, 0.25) is 0 Å². The normalized spacial score (nSPS) is 11.7. The molecule has 2 radical (unpaired) electrons. The fourth-order valence-corrected chi connectivity index (χ4v) is 0. The molecule has 5 nitrogen and oxygen atoms in total. The monoisotopic (exact) mass is 110 g/mol. The van der Waals surface area contributed by atoms with E-state index in [4.69, 9.17) is 5.90 Å². The lowest BCUT2D eigenvalue weighted by atomic mass is 13.6. The second-order valence-electron chi connectivity index (χ2n) is 0.567. The zero-order chi connectivity index (χ0) is 5.21. The molecule has 0 unspecified atom stereocenters. The van der Waals surface area contributed by atoms with Crippen LogP contribution >= 0.6 is 0 Å². The van der Waals surface area contributed by atoms with E-state index >= 15 is 0 Å². The number of nitrogens with zero attached hydrogens (tertiary/aromatic N) is 1. The van der Waals surface area contributed by atoms with Gasteiger partial charge in [-0.3, -0.25) is 0 Å². The van der Waals surface area contributed by atoms with Crippen molar-refractivity contribution in [2.75, 3.05) is 0 Å². The minimum absolute atomic E-state index is 2.69. The topological polar surface area (TPSA) is 91.7 Å². The van der Waals surface area contributed by atoms with Crippen molar-refractivity contribution in [3.05, 3.63) is 0 Å². The van der Waals surface area contributed by atoms with E-state index in [0.717, 1.165) is 0 Å². The summed E-state index contributed by atoms with van der Waals surface area (Å²) in [6, 6.07) is 0. The first-order chi connectivity index (χ1) is 2.56. The number of hydrogen-bond acceptors (Lipinski definition) is 3. The van der Waals surface area contributed by atoms with E-state index in [0.29, 0.717) is 0 Å². The van der Waals surface area contributed by atoms with Gasteiger partial charge in [-0.1, -0.05) is 0 Å². The summed E-state index contributed by atoms with van der Waals surface area (Å²) in [7, 11) is -4.11. The highest BCUT2D eigenvalue weighted by Crippen LogP contribution is 1.66. The molecule has 0 saturated carbocycles. The molecule has 6 heteroatoms. The average molecular weight is 110 g/mol. The van der Waals surface area contributed by atoms with E-state index in [1.807, 2.05) is 0 Å². The fourth-order valence-electron chi connectivity index (χ4n) is 0. The highest BCUT2D eigenvalue weighted by molar-refractivity contribution is 7.84. The predicted octanol–water partition coefficient (Wildman–Crippen LogP) is -1.81. The van der Waals surface area contributed by atoms with Gasteiger partial charge in [0.25, 0.3) is 0 Å². The Morgan fingerprint density at radius 2 is 1.83 bits per heavy atom. The summed E-state index contributed by atoms with van der Waals surface area (Å²) in [4.78, 5) is 0. The van der Waals surface area contributed by atoms with Crippen LogP contribution in [0.4, 0.5) is 0 Å². The Hall–Kier alpha value is -0.170. The maximum absolute atomic E-state index is 9.31. The highest BCUT2D eigenvalue weighted by atomic mass is 32.2. The minimum Gasteiger partial charge on any atom is -0.204 e. The van der Waals surface area contributed by atoms with Gasteiger partial charge in [-0.2, -0.15) is 8.42 Å². The number of hydrogen-bond donors (Lipinski definition) is 1. The van der Waals surface area contributed by atoms with Gasteiger partial charge in [-0.25, -0.2) is 5.14 Å². The molecule has 0 spiro atoms. The van der Waals surface area contributed by atoms with Gasteiger partial charge >= 0.3 is 10.3 Å². The van der Waals surface area contributed by atoms with Crippen LogP contribution in [-0.2, 0) is 14.6 Å². The molecule has 0 aromatic carbocycles. The van der Waals surface area contributed by atoms with Gasteiger partial charge in [0.05, 0.1) is 5.90 Å². The third-order valence-corrected chi connectivity index (χ3v) is 0.312. The van der Waals surface area contributed by atoms with Crippen molar-refractivity contribution in [1.29, 1.82) is 0 Å². The van der Waals surface area contributed by atoms with Crippen LogP contribution in [0.15, 0.2) is 0 Å². The molecule has 6 heavy (non-hydrogen) atoms. The zero-order valence-electron chi connectivity index (χ0n) is 2.66. The van der Waals surface area contributed by atoms with Crippen molar-refractivity contribution >= 4 is 10.3 Å². The van der Waals surface area contributed by atoms with Crippen LogP contribution in [0.3, 0.4) is 0 Å². The third kappa shape index (κ3) is 3.83. The molecule has 0 aliphatic carbocycles. The second-order valence-corrected chi connectivity index (χ2v) is 1.70. The Balaban J connectivity index is 3.85. The quantitative estimate of drug-likeness (QED) is 0.403. The predicted molar refractivity (Wildman–Crippen MR) is 16.3 cm³/mol. The lowest BCUT2D eigenvalue weighted by Crippen LogP contribution is -2.13. The lowest BCUT2D eigenvalue weighted by Gasteiger charge is -1.79. The third-order valence-electron chi connectivity index (χ3n) is 0.104. The molecular weight excluding hydrogens is 108 g/mol. The Bertz CT molecular complexity index is 111. The molecule has 0 saturated heterocycles. The van der Waals surface area contributed by atoms with Crippen molar-refractivity contribution in [3.8, 4) is 0 Å². The minimum atomic E-state index is -4.11. The molecular formula is H2N2O3S. The maximum Gasteiger partial charge on any atom is 0.352 e. The van der Waals surface area contributed by atoms with Crippen molar-refractivity contribution in [1.82, 2.24) is 5.90 Å². The molecule has 0 rings (SSSR count). The molecule has 0 aromatic heterocycles. The fraction of sp³-hybridized carbons (Fsp3) is 0. The van der Waals surface area contributed by atoms with Crippen molar-refractivity contribution in [3.63, 3.8) is 0 Å². The Morgan fingerprint density at radius 3 is 1.83 bits per heavy atom. The zero-order valence-corrected chi connectivity index (χ0v) is 3.47. The molecule has 0 fully saturated rings. The van der Waals surface area contributed by atoms with E-state index in [9.17, 15) is 8.42 Å². The number of rotatable bonds is 1. The van der Waals surface area contributed by atoms with E-state index in [1.165, 1.54) is 0 Å². The first-order valence-corrected chi connectivity index (χ1v) is 2.39. The van der Waals surface area contributed by atoms with E-state index in [-0.39, 0.29) is 0 Å². The van der Waals surface area contributed by atoms with E-state index in [1.54, 1.807) is 0 Å². The first-order valence-electron chi connectivity index (χ1n) is 0.918. The standard InChI is InChI=1S/H2N2O3S/c1-5-6(2,3)4/h(H2,2,3,4). The maximum atomic E-state index is 9.31. The van der Waals surface area contributed by atoms with Crippen LogP contribution in [0.1, 0.15) is 0 Å². The molecule has 0 heterocycles. The molecule has 0 aromatic rings. The smallest absolute Gasteiger partial charge is 0.204 e. The van der Waals surface area contributed by atoms with Crippen molar-refractivity contribution in [2.45, 2.75) is 0 Å². The summed E-state index contributed by atoms with van der Waals surface area (Å²) in [6.45, 7) is 0. The van der Waals surface area contributed by atoms with Crippen LogP contribution in [0.5, 0.6) is 0 Å². The Kier molecular flexibility index (Phi) is 1.48. The summed E-state index contributed by atoms with van der Waals surface area (Å²) in [5.41, 5.74) is 0. The summed E-state index contributed by atoms with van der Waals surface area (Å²) >= 11 is 0. The van der Waals surface area contributed by atoms with Crippen LogP contribution in [0, 0.1) is 0 Å². The van der Waals surface area contributed by atoms with E-state index in [2.05, 4.69) is 9.42 Å². The Morgan fingerprint density at radius 1 is 1.67 bits per heavy atom. The molecule has 0 aliphatic heterocycles. The van der Waals surface area contributed by atoms with Crippen molar-refractivity contribution < 1.29 is 12.7 Å². The van der Waals surface area contributed by atoms with Gasteiger partial charge in [-0.05, 0) is 0 Å². The Labute approximate surface area is 35.1 Å². The van der Waals surface area contributed by atoms with Gasteiger partial charge in [0, 0.05) is 0 Å². The van der Waals surface area contributed by atoms with Gasteiger partial charge < -0.3 is 0 Å². The van der Waals surface area contributed by atoms with Gasteiger partial charge in [-0.15, -0.1) is 4.28 Å². The van der Waals surface area contributed by atoms with Crippen LogP contribution in [-0.4, -0.2) is 8.42 Å². The molecule has 2 N–H and O–H groups in total. The molecule has 0 aliphatic rings. The average Bonchev–Trinajstić information content (AvgIpc) is 1.35. The van der Waals surface area contributed by atoms with Gasteiger partial charge in [0.2, 0.25) is 0 Å². The van der Waals surface area contributed by atoms with Gasteiger partial charge in [0.1, 0.15) is 0 Å². The SMILES string of the molecule is [N]OS(N)(=O)=O. The number of nitrogens with two attached hydrogens (primary N) is 1. The summed E-state index contributed by atoms with van der Waals surface area (Å²) < 4.78 is 21.3. The summed E-state index contributed by atoms with van der Waals surface area (Å²) in [5.74, 6) is 7.19.